The first-order valence-corrected chi connectivity index (χ1v) is 7.49. The van der Waals surface area contributed by atoms with Gasteiger partial charge in [0.05, 0.1) is 25.5 Å². The Hall–Kier alpha value is -2.36. The summed E-state index contributed by atoms with van der Waals surface area (Å²) in [6.45, 7) is 0.633. The van der Waals surface area contributed by atoms with Crippen LogP contribution in [-0.4, -0.2) is 37.6 Å². The molecular weight excluding hydrogens is 433 g/mol. The maximum Gasteiger partial charge on any atom is 0.243 e. The molecule has 0 bridgehead atoms. The summed E-state index contributed by atoms with van der Waals surface area (Å²) < 4.78 is 5.31. The van der Waals surface area contributed by atoms with Crippen molar-refractivity contribution in [3.63, 3.8) is 0 Å². The second kappa shape index (κ2) is 11.2. The van der Waals surface area contributed by atoms with Crippen molar-refractivity contribution in [2.24, 2.45) is 4.99 Å². The second-order valence-electron chi connectivity index (χ2n) is 4.88. The summed E-state index contributed by atoms with van der Waals surface area (Å²) in [5.41, 5.74) is 1.66. The maximum atomic E-state index is 11.9. The minimum atomic E-state index is -0.178. The number of methoxy groups -OCH3 is 1. The Kier molecular flexibility index (Phi) is 9.30. The third-order valence-corrected chi connectivity index (χ3v) is 3.22. The van der Waals surface area contributed by atoms with Gasteiger partial charge >= 0.3 is 0 Å². The zero-order chi connectivity index (χ0) is 17.2. The molecule has 1 aromatic carbocycles. The SMILES string of the molecule is CN=C(NCC(=O)Nc1cccnc1)NCc1ccccc1OC.I. The van der Waals surface area contributed by atoms with Crippen molar-refractivity contribution >= 4 is 41.5 Å². The first-order chi connectivity index (χ1) is 11.7. The van der Waals surface area contributed by atoms with E-state index in [-0.39, 0.29) is 36.4 Å². The van der Waals surface area contributed by atoms with Crippen LogP contribution < -0.4 is 20.7 Å². The standard InChI is InChI=1S/C17H21N5O2.HI/c1-18-17(20-10-13-6-3-4-8-15(13)24-2)21-12-16(23)22-14-7-5-9-19-11-14;/h3-9,11H,10,12H2,1-2H3,(H,22,23)(H2,18,20,21);1H. The predicted octanol–water partition coefficient (Wildman–Crippen LogP) is 2.01. The number of amides is 1. The van der Waals surface area contributed by atoms with E-state index in [9.17, 15) is 4.79 Å². The molecule has 1 aromatic heterocycles. The molecule has 3 N–H and O–H groups in total. The molecule has 0 spiro atoms. The molecule has 0 unspecified atom stereocenters. The van der Waals surface area contributed by atoms with Gasteiger partial charge < -0.3 is 20.7 Å². The number of ether oxygens (including phenoxy) is 1. The average Bonchev–Trinajstić information content (AvgIpc) is 2.63. The molecule has 1 heterocycles. The fraction of sp³-hybridized carbons (Fsp3) is 0.235. The summed E-state index contributed by atoms with van der Waals surface area (Å²) in [7, 11) is 3.28. The van der Waals surface area contributed by atoms with Gasteiger partial charge in [-0.3, -0.25) is 14.8 Å². The maximum absolute atomic E-state index is 11.9. The highest BCUT2D eigenvalue weighted by molar-refractivity contribution is 14.0. The minimum absolute atomic E-state index is 0. The second-order valence-corrected chi connectivity index (χ2v) is 4.88. The number of nitrogens with one attached hydrogen (secondary N) is 3. The number of benzene rings is 1. The van der Waals surface area contributed by atoms with Crippen molar-refractivity contribution in [1.29, 1.82) is 0 Å². The van der Waals surface area contributed by atoms with Crippen molar-refractivity contribution in [2.75, 3.05) is 26.0 Å². The van der Waals surface area contributed by atoms with E-state index in [1.807, 2.05) is 24.3 Å². The van der Waals surface area contributed by atoms with Gasteiger partial charge in [-0.05, 0) is 18.2 Å². The number of pyridine rings is 1. The average molecular weight is 455 g/mol. The van der Waals surface area contributed by atoms with Crippen LogP contribution in [0.25, 0.3) is 0 Å². The van der Waals surface area contributed by atoms with Crippen LogP contribution in [0.4, 0.5) is 5.69 Å². The molecule has 0 radical (unpaired) electrons. The lowest BCUT2D eigenvalue weighted by atomic mass is 10.2. The van der Waals surface area contributed by atoms with Crippen LogP contribution >= 0.6 is 24.0 Å². The van der Waals surface area contributed by atoms with Crippen molar-refractivity contribution in [3.8, 4) is 5.75 Å². The molecule has 2 rings (SSSR count). The number of carbonyl (C=O) groups excluding carboxylic acids is 1. The number of para-hydroxylation sites is 1. The van der Waals surface area contributed by atoms with Gasteiger partial charge in [0.2, 0.25) is 5.91 Å². The number of hydrogen-bond donors (Lipinski definition) is 3. The number of guanidine groups is 1. The van der Waals surface area contributed by atoms with Crippen molar-refractivity contribution in [2.45, 2.75) is 6.54 Å². The largest absolute Gasteiger partial charge is 0.496 e. The molecular formula is C17H22IN5O2. The van der Waals surface area contributed by atoms with Crippen LogP contribution in [0.5, 0.6) is 5.75 Å². The number of halogens is 1. The first kappa shape index (κ1) is 20.7. The van der Waals surface area contributed by atoms with Gasteiger partial charge in [-0.15, -0.1) is 24.0 Å². The molecule has 0 atom stereocenters. The van der Waals surface area contributed by atoms with Gasteiger partial charge in [-0.2, -0.15) is 0 Å². The number of nitrogens with zero attached hydrogens (tertiary/aromatic N) is 2. The van der Waals surface area contributed by atoms with E-state index in [0.29, 0.717) is 18.2 Å². The normalized spacial score (nSPS) is 10.4. The Labute approximate surface area is 164 Å². The fourth-order valence-electron chi connectivity index (χ4n) is 2.05. The molecule has 0 fully saturated rings. The van der Waals surface area contributed by atoms with Crippen LogP contribution in [0.1, 0.15) is 5.56 Å². The van der Waals surface area contributed by atoms with E-state index in [4.69, 9.17) is 4.74 Å². The molecule has 7 nitrogen and oxygen atoms in total. The Morgan fingerprint density at radius 3 is 2.68 bits per heavy atom. The van der Waals surface area contributed by atoms with Gasteiger partial charge in [0, 0.05) is 25.4 Å². The molecule has 2 aromatic rings. The van der Waals surface area contributed by atoms with Gasteiger partial charge in [0.1, 0.15) is 5.75 Å². The molecule has 0 saturated carbocycles. The van der Waals surface area contributed by atoms with E-state index in [1.54, 1.807) is 38.7 Å². The third-order valence-electron chi connectivity index (χ3n) is 3.22. The summed E-state index contributed by atoms with van der Waals surface area (Å²) >= 11 is 0. The first-order valence-electron chi connectivity index (χ1n) is 7.49. The van der Waals surface area contributed by atoms with Gasteiger partial charge in [-0.1, -0.05) is 18.2 Å². The zero-order valence-electron chi connectivity index (χ0n) is 14.2. The Morgan fingerprint density at radius 2 is 2.00 bits per heavy atom. The Balaban J connectivity index is 0.00000312. The van der Waals surface area contributed by atoms with Gasteiger partial charge in [-0.25, -0.2) is 0 Å². The van der Waals surface area contributed by atoms with Crippen molar-refractivity contribution in [1.82, 2.24) is 15.6 Å². The molecule has 0 aliphatic carbocycles. The minimum Gasteiger partial charge on any atom is -0.496 e. The molecule has 0 saturated heterocycles. The van der Waals surface area contributed by atoms with E-state index in [2.05, 4.69) is 25.9 Å². The Morgan fingerprint density at radius 1 is 1.20 bits per heavy atom. The molecule has 1 amide bonds. The molecule has 8 heteroatoms. The number of hydrogen-bond acceptors (Lipinski definition) is 4. The number of anilines is 1. The van der Waals surface area contributed by atoms with E-state index in [0.717, 1.165) is 11.3 Å². The van der Waals surface area contributed by atoms with Crippen LogP contribution in [-0.2, 0) is 11.3 Å². The molecule has 134 valence electrons. The number of carbonyl (C=O) groups is 1. The zero-order valence-corrected chi connectivity index (χ0v) is 16.5. The highest BCUT2D eigenvalue weighted by atomic mass is 127. The lowest BCUT2D eigenvalue weighted by molar-refractivity contribution is -0.115. The van der Waals surface area contributed by atoms with Crippen LogP contribution in [0.3, 0.4) is 0 Å². The number of aliphatic imine (C=N–C) groups is 1. The van der Waals surface area contributed by atoms with E-state index in [1.165, 1.54) is 0 Å². The van der Waals surface area contributed by atoms with Crippen molar-refractivity contribution < 1.29 is 9.53 Å². The number of aromatic nitrogens is 1. The topological polar surface area (TPSA) is 87.6 Å². The molecule has 0 aliphatic heterocycles. The lowest BCUT2D eigenvalue weighted by Gasteiger charge is -2.13. The molecule has 25 heavy (non-hydrogen) atoms. The third kappa shape index (κ3) is 6.96. The van der Waals surface area contributed by atoms with Gasteiger partial charge in [0.25, 0.3) is 0 Å². The highest BCUT2D eigenvalue weighted by Gasteiger charge is 2.06. The monoisotopic (exact) mass is 455 g/mol. The molecule has 0 aliphatic rings. The smallest absolute Gasteiger partial charge is 0.243 e. The fourth-order valence-corrected chi connectivity index (χ4v) is 2.05. The van der Waals surface area contributed by atoms with E-state index < -0.39 is 0 Å². The summed E-state index contributed by atoms with van der Waals surface area (Å²) in [6, 6.07) is 11.3. The Bertz CT molecular complexity index is 694. The van der Waals surface area contributed by atoms with Crippen LogP contribution in [0.2, 0.25) is 0 Å². The van der Waals surface area contributed by atoms with Crippen molar-refractivity contribution in [3.05, 3.63) is 54.4 Å². The summed E-state index contributed by atoms with van der Waals surface area (Å²) in [6.07, 6.45) is 3.24. The summed E-state index contributed by atoms with van der Waals surface area (Å²) in [4.78, 5) is 19.9. The summed E-state index contributed by atoms with van der Waals surface area (Å²) in [5, 5.41) is 8.86. The number of rotatable bonds is 6. The van der Waals surface area contributed by atoms with Gasteiger partial charge in [0.15, 0.2) is 5.96 Å². The highest BCUT2D eigenvalue weighted by Crippen LogP contribution is 2.16. The quantitative estimate of drug-likeness (QED) is 0.353. The van der Waals surface area contributed by atoms with E-state index >= 15 is 0 Å². The van der Waals surface area contributed by atoms with Crippen LogP contribution in [0, 0.1) is 0 Å². The lowest BCUT2D eigenvalue weighted by Crippen LogP contribution is -2.41. The summed E-state index contributed by atoms with van der Waals surface area (Å²) in [5.74, 6) is 1.15. The predicted molar refractivity (Wildman–Crippen MR) is 109 cm³/mol. The van der Waals surface area contributed by atoms with Crippen LogP contribution in [0.15, 0.2) is 53.8 Å².